The van der Waals surface area contributed by atoms with Crippen molar-refractivity contribution in [3.63, 3.8) is 0 Å². The summed E-state index contributed by atoms with van der Waals surface area (Å²) < 4.78 is 0. The van der Waals surface area contributed by atoms with Gasteiger partial charge in [-0.25, -0.2) is 0 Å². The van der Waals surface area contributed by atoms with Gasteiger partial charge in [0.15, 0.2) is 0 Å². The highest BCUT2D eigenvalue weighted by atomic mass is 16.1. The molecule has 2 heteroatoms. The van der Waals surface area contributed by atoms with Crippen molar-refractivity contribution in [3.05, 3.63) is 35.4 Å². The van der Waals surface area contributed by atoms with Crippen molar-refractivity contribution >= 4 is 5.78 Å². The molecule has 0 spiro atoms. The van der Waals surface area contributed by atoms with Crippen LogP contribution in [0.2, 0.25) is 0 Å². The standard InChI is InChI=1S/C14H15NO.C2H6/c1-11(16)14(8-2-3-9-14)13-6-4-12(10-15)5-7-13;1-2/h4-7H,2-3,8-9H2,1H3;1-2H3. The van der Waals surface area contributed by atoms with Gasteiger partial charge in [0, 0.05) is 0 Å². The average Bonchev–Trinajstić information content (AvgIpc) is 2.92. The van der Waals surface area contributed by atoms with Crippen LogP contribution in [0.4, 0.5) is 0 Å². The molecule has 0 aromatic heterocycles. The lowest BCUT2D eigenvalue weighted by Crippen LogP contribution is -2.30. The lowest BCUT2D eigenvalue weighted by molar-refractivity contribution is -0.122. The molecule has 1 aromatic rings. The van der Waals surface area contributed by atoms with Gasteiger partial charge in [0.05, 0.1) is 17.0 Å². The van der Waals surface area contributed by atoms with Crippen LogP contribution in [0.15, 0.2) is 24.3 Å². The normalized spacial score (nSPS) is 16.3. The lowest BCUT2D eigenvalue weighted by atomic mass is 9.75. The minimum absolute atomic E-state index is 0.259. The van der Waals surface area contributed by atoms with Gasteiger partial charge in [-0.2, -0.15) is 5.26 Å². The molecular weight excluding hydrogens is 222 g/mol. The monoisotopic (exact) mass is 243 g/mol. The number of ketones is 1. The molecule has 0 amide bonds. The highest BCUT2D eigenvalue weighted by molar-refractivity contribution is 5.88. The maximum Gasteiger partial charge on any atom is 0.140 e. The van der Waals surface area contributed by atoms with Crippen molar-refractivity contribution in [1.82, 2.24) is 0 Å². The fourth-order valence-corrected chi connectivity index (χ4v) is 2.69. The first-order chi connectivity index (χ1) is 8.69. The third-order valence-electron chi connectivity index (χ3n) is 3.70. The van der Waals surface area contributed by atoms with Crippen LogP contribution in [0.3, 0.4) is 0 Å². The molecule has 0 aliphatic heterocycles. The molecule has 18 heavy (non-hydrogen) atoms. The predicted molar refractivity (Wildman–Crippen MR) is 73.3 cm³/mol. The average molecular weight is 243 g/mol. The van der Waals surface area contributed by atoms with E-state index >= 15 is 0 Å². The Balaban J connectivity index is 0.000000771. The van der Waals surface area contributed by atoms with Crippen LogP contribution < -0.4 is 0 Å². The van der Waals surface area contributed by atoms with E-state index in [0.29, 0.717) is 5.56 Å². The number of hydrogen-bond donors (Lipinski definition) is 0. The molecule has 1 saturated carbocycles. The topological polar surface area (TPSA) is 40.9 Å². The molecule has 2 rings (SSSR count). The molecule has 0 heterocycles. The van der Waals surface area contributed by atoms with Crippen LogP contribution in [-0.4, -0.2) is 5.78 Å². The van der Waals surface area contributed by atoms with Crippen LogP contribution in [0, 0.1) is 11.3 Å². The van der Waals surface area contributed by atoms with Crippen molar-refractivity contribution in [1.29, 1.82) is 5.26 Å². The minimum Gasteiger partial charge on any atom is -0.299 e. The summed E-state index contributed by atoms with van der Waals surface area (Å²) in [5, 5.41) is 8.75. The summed E-state index contributed by atoms with van der Waals surface area (Å²) in [4.78, 5) is 11.9. The number of carbonyl (C=O) groups excluding carboxylic acids is 1. The Bertz CT molecular complexity index is 433. The Morgan fingerprint density at radius 1 is 1.17 bits per heavy atom. The molecule has 1 aliphatic carbocycles. The van der Waals surface area contributed by atoms with E-state index < -0.39 is 0 Å². The van der Waals surface area contributed by atoms with Gasteiger partial charge in [0.1, 0.15) is 5.78 Å². The number of nitriles is 1. The third-order valence-corrected chi connectivity index (χ3v) is 3.70. The van der Waals surface area contributed by atoms with Gasteiger partial charge in [-0.15, -0.1) is 0 Å². The van der Waals surface area contributed by atoms with Gasteiger partial charge in [0.25, 0.3) is 0 Å². The highest BCUT2D eigenvalue weighted by Crippen LogP contribution is 2.41. The molecule has 0 bridgehead atoms. The number of hydrogen-bond acceptors (Lipinski definition) is 2. The van der Waals surface area contributed by atoms with Crippen LogP contribution in [-0.2, 0) is 10.2 Å². The van der Waals surface area contributed by atoms with Gasteiger partial charge < -0.3 is 0 Å². The Kier molecular flexibility index (Phi) is 5.09. The first kappa shape index (κ1) is 14.4. The van der Waals surface area contributed by atoms with E-state index in [1.165, 1.54) is 0 Å². The second-order valence-electron chi connectivity index (χ2n) is 4.53. The maximum atomic E-state index is 11.9. The van der Waals surface area contributed by atoms with Crippen molar-refractivity contribution in [3.8, 4) is 6.07 Å². The molecule has 0 unspecified atom stereocenters. The van der Waals surface area contributed by atoms with Crippen molar-refractivity contribution < 1.29 is 4.79 Å². The summed E-state index contributed by atoms with van der Waals surface area (Å²) in [7, 11) is 0. The Morgan fingerprint density at radius 2 is 1.67 bits per heavy atom. The molecule has 0 radical (unpaired) electrons. The van der Waals surface area contributed by atoms with Gasteiger partial charge in [-0.3, -0.25) is 4.79 Å². The summed E-state index contributed by atoms with van der Waals surface area (Å²) in [5.41, 5.74) is 1.46. The molecule has 1 fully saturated rings. The van der Waals surface area contributed by atoms with E-state index in [1.54, 1.807) is 19.1 Å². The van der Waals surface area contributed by atoms with Crippen molar-refractivity contribution in [2.24, 2.45) is 0 Å². The summed E-state index contributed by atoms with van der Waals surface area (Å²) in [6.07, 6.45) is 4.15. The van der Waals surface area contributed by atoms with E-state index in [2.05, 4.69) is 6.07 Å². The van der Waals surface area contributed by atoms with Crippen molar-refractivity contribution in [2.45, 2.75) is 51.9 Å². The van der Waals surface area contributed by atoms with E-state index in [0.717, 1.165) is 31.2 Å². The zero-order valence-corrected chi connectivity index (χ0v) is 11.5. The van der Waals surface area contributed by atoms with E-state index in [1.807, 2.05) is 26.0 Å². The Labute approximate surface area is 110 Å². The second-order valence-corrected chi connectivity index (χ2v) is 4.53. The quantitative estimate of drug-likeness (QED) is 0.788. The molecule has 1 aromatic carbocycles. The van der Waals surface area contributed by atoms with E-state index in [9.17, 15) is 4.79 Å². The van der Waals surface area contributed by atoms with Gasteiger partial charge in [-0.05, 0) is 37.5 Å². The number of nitrogens with zero attached hydrogens (tertiary/aromatic N) is 1. The van der Waals surface area contributed by atoms with Crippen LogP contribution in [0.25, 0.3) is 0 Å². The highest BCUT2D eigenvalue weighted by Gasteiger charge is 2.39. The van der Waals surface area contributed by atoms with Gasteiger partial charge in [0.2, 0.25) is 0 Å². The molecule has 2 nitrogen and oxygen atoms in total. The van der Waals surface area contributed by atoms with Crippen LogP contribution in [0.5, 0.6) is 0 Å². The molecule has 0 N–H and O–H groups in total. The number of benzene rings is 1. The molecule has 96 valence electrons. The summed E-state index contributed by atoms with van der Waals surface area (Å²) in [6.45, 7) is 5.68. The van der Waals surface area contributed by atoms with Gasteiger partial charge >= 0.3 is 0 Å². The number of carbonyl (C=O) groups is 1. The minimum atomic E-state index is -0.270. The van der Waals surface area contributed by atoms with E-state index in [4.69, 9.17) is 5.26 Å². The third kappa shape index (κ3) is 2.61. The van der Waals surface area contributed by atoms with Crippen LogP contribution in [0.1, 0.15) is 57.6 Å². The SMILES string of the molecule is CC.CC(=O)C1(c2ccc(C#N)cc2)CCCC1. The summed E-state index contributed by atoms with van der Waals surface area (Å²) >= 11 is 0. The lowest BCUT2D eigenvalue weighted by Gasteiger charge is -2.26. The molecule has 0 atom stereocenters. The van der Waals surface area contributed by atoms with Gasteiger partial charge in [-0.1, -0.05) is 38.8 Å². The summed E-state index contributed by atoms with van der Waals surface area (Å²) in [5.74, 6) is 0.259. The predicted octanol–water partition coefficient (Wildman–Crippen LogP) is 3.99. The fraction of sp³-hybridized carbons (Fsp3) is 0.500. The second kappa shape index (κ2) is 6.35. The van der Waals surface area contributed by atoms with Crippen molar-refractivity contribution in [2.75, 3.05) is 0 Å². The largest absolute Gasteiger partial charge is 0.299 e. The smallest absolute Gasteiger partial charge is 0.140 e. The first-order valence-electron chi connectivity index (χ1n) is 6.71. The molecule has 0 saturated heterocycles. The maximum absolute atomic E-state index is 11.9. The Hall–Kier alpha value is -1.62. The zero-order chi connectivity index (χ0) is 13.6. The van der Waals surface area contributed by atoms with E-state index in [-0.39, 0.29) is 11.2 Å². The molecule has 1 aliphatic rings. The number of rotatable bonds is 2. The molecular formula is C16H21NO. The zero-order valence-electron chi connectivity index (χ0n) is 11.5. The number of Topliss-reactive ketones (excluding diaryl/α,β-unsaturated/α-hetero) is 1. The first-order valence-corrected chi connectivity index (χ1v) is 6.71. The van der Waals surface area contributed by atoms with Crippen LogP contribution >= 0.6 is 0 Å². The fourth-order valence-electron chi connectivity index (χ4n) is 2.69. The Morgan fingerprint density at radius 3 is 2.06 bits per heavy atom. The summed E-state index contributed by atoms with van der Waals surface area (Å²) in [6, 6.07) is 9.58.